The van der Waals surface area contributed by atoms with E-state index in [4.69, 9.17) is 0 Å². The summed E-state index contributed by atoms with van der Waals surface area (Å²) in [5.74, 6) is 1.49. The van der Waals surface area contributed by atoms with E-state index in [-0.39, 0.29) is 11.8 Å². The molecule has 6 rings (SSSR count). The number of piperidine rings is 3. The molecule has 3 aliphatic rings. The van der Waals surface area contributed by atoms with Gasteiger partial charge < -0.3 is 10.2 Å². The van der Waals surface area contributed by atoms with Crippen LogP contribution in [0.15, 0.2) is 53.0 Å². The quantitative estimate of drug-likeness (QED) is 0.548. The molecule has 2 bridgehead atoms. The van der Waals surface area contributed by atoms with E-state index in [1.165, 1.54) is 21.1 Å². The van der Waals surface area contributed by atoms with E-state index < -0.39 is 0 Å². The number of thiazole rings is 1. The van der Waals surface area contributed by atoms with E-state index in [2.05, 4.69) is 51.1 Å². The van der Waals surface area contributed by atoms with Crippen LogP contribution in [0.25, 0.3) is 0 Å². The highest BCUT2D eigenvalue weighted by Gasteiger charge is 2.46. The summed E-state index contributed by atoms with van der Waals surface area (Å²) < 4.78 is 1.99. The highest BCUT2D eigenvalue weighted by Crippen LogP contribution is 2.29. The lowest BCUT2D eigenvalue weighted by Crippen LogP contribution is -3.20. The number of fused-ring (bicyclic) bond motifs is 3. The lowest BCUT2D eigenvalue weighted by Gasteiger charge is -2.46. The molecule has 9 heteroatoms. The number of rotatable bonds is 7. The number of aromatic nitrogens is 4. The number of quaternary nitrogens is 1. The van der Waals surface area contributed by atoms with Crippen LogP contribution in [0, 0.1) is 11.8 Å². The third-order valence-electron chi connectivity index (χ3n) is 6.17. The minimum Gasteiger partial charge on any atom is -0.330 e. The molecule has 3 aliphatic heterocycles. The van der Waals surface area contributed by atoms with Crippen molar-refractivity contribution in [1.82, 2.24) is 20.0 Å². The number of carbonyl (C=O) groups excluding carboxylic acids is 1. The van der Waals surface area contributed by atoms with Gasteiger partial charge in [0.1, 0.15) is 6.04 Å². The van der Waals surface area contributed by atoms with Crippen molar-refractivity contribution in [2.75, 3.05) is 18.4 Å². The van der Waals surface area contributed by atoms with Crippen molar-refractivity contribution in [2.24, 2.45) is 11.8 Å². The maximum atomic E-state index is 12.7. The number of benzene rings is 1. The molecular formula is C21H25N6OS2+. The number of nitrogens with zero attached hydrogens (tertiary/aromatic N) is 4. The average Bonchev–Trinajstić information content (AvgIpc) is 3.45. The van der Waals surface area contributed by atoms with Crippen LogP contribution >= 0.6 is 23.1 Å². The second kappa shape index (κ2) is 8.87. The largest absolute Gasteiger partial charge is 0.330 e. The molecule has 0 saturated carbocycles. The zero-order chi connectivity index (χ0) is 20.3. The Hall–Kier alpha value is -2.23. The van der Waals surface area contributed by atoms with E-state index in [9.17, 15) is 4.79 Å². The van der Waals surface area contributed by atoms with Crippen LogP contribution in [-0.4, -0.2) is 45.0 Å². The lowest BCUT2D eigenvalue weighted by atomic mass is 9.75. The Labute approximate surface area is 183 Å². The highest BCUT2D eigenvalue weighted by molar-refractivity contribution is 7.98. The van der Waals surface area contributed by atoms with Gasteiger partial charge in [-0.1, -0.05) is 23.4 Å². The molecule has 1 unspecified atom stereocenters. The number of anilines is 1. The van der Waals surface area contributed by atoms with Gasteiger partial charge in [0, 0.05) is 41.3 Å². The fourth-order valence-corrected chi connectivity index (χ4v) is 6.02. The third kappa shape index (κ3) is 4.43. The first kappa shape index (κ1) is 19.7. The van der Waals surface area contributed by atoms with Crippen LogP contribution in [-0.2, 0) is 17.1 Å². The molecule has 3 saturated heterocycles. The van der Waals surface area contributed by atoms with Gasteiger partial charge in [-0.2, -0.15) is 0 Å². The van der Waals surface area contributed by atoms with Gasteiger partial charge in [-0.05, 0) is 18.1 Å². The Morgan fingerprint density at radius 1 is 1.33 bits per heavy atom. The van der Waals surface area contributed by atoms with E-state index >= 15 is 0 Å². The van der Waals surface area contributed by atoms with Crippen molar-refractivity contribution in [3.8, 4) is 0 Å². The molecule has 4 atom stereocenters. The standard InChI is InChI=1S/C21H24N6OS2/c28-20(23-21-22-7-9-29-21)19-13-26-8-6-15(19)10-17(26)12-27-11-16(24-25-27)14-30-18-4-2-1-3-5-18/h1-5,7,9,11,15,17,19H,6,8,10,12-14H2,(H,22,23,28)/p+1/t15-,17-,19+/m1/s1. The molecule has 1 amide bonds. The van der Waals surface area contributed by atoms with E-state index in [1.54, 1.807) is 18.0 Å². The number of nitrogens with one attached hydrogen (secondary N) is 2. The summed E-state index contributed by atoms with van der Waals surface area (Å²) in [7, 11) is 0. The van der Waals surface area contributed by atoms with Crippen LogP contribution < -0.4 is 10.2 Å². The Balaban J connectivity index is 1.16. The predicted octanol–water partition coefficient (Wildman–Crippen LogP) is 1.96. The summed E-state index contributed by atoms with van der Waals surface area (Å²) in [5.41, 5.74) is 1.01. The molecule has 0 spiro atoms. The minimum absolute atomic E-state index is 0.0856. The van der Waals surface area contributed by atoms with Crippen molar-refractivity contribution in [1.29, 1.82) is 0 Å². The fourth-order valence-electron chi connectivity index (χ4n) is 4.70. The summed E-state index contributed by atoms with van der Waals surface area (Å²) in [6.07, 6.45) is 5.99. The molecule has 2 aromatic heterocycles. The smallest absolute Gasteiger partial charge is 0.235 e. The first-order valence-corrected chi connectivity index (χ1v) is 12.2. The molecular weight excluding hydrogens is 416 g/mol. The van der Waals surface area contributed by atoms with Crippen LogP contribution in [0.4, 0.5) is 5.13 Å². The molecule has 2 N–H and O–H groups in total. The number of hydrogen-bond donors (Lipinski definition) is 2. The third-order valence-corrected chi connectivity index (χ3v) is 7.91. The molecule has 30 heavy (non-hydrogen) atoms. The number of hydrogen-bond acceptors (Lipinski definition) is 6. The summed E-state index contributed by atoms with van der Waals surface area (Å²) in [4.78, 5) is 19.7. The van der Waals surface area contributed by atoms with Crippen molar-refractivity contribution in [2.45, 2.75) is 36.1 Å². The maximum Gasteiger partial charge on any atom is 0.235 e. The lowest BCUT2D eigenvalue weighted by molar-refractivity contribution is -0.945. The van der Waals surface area contributed by atoms with Crippen molar-refractivity contribution < 1.29 is 9.69 Å². The van der Waals surface area contributed by atoms with Gasteiger partial charge in [0.15, 0.2) is 5.13 Å². The Bertz CT molecular complexity index is 977. The molecule has 3 aromatic rings. The van der Waals surface area contributed by atoms with E-state index in [0.717, 1.165) is 43.9 Å². The zero-order valence-corrected chi connectivity index (χ0v) is 18.2. The summed E-state index contributed by atoms with van der Waals surface area (Å²) in [6, 6.07) is 10.9. The normalized spacial score (nSPS) is 25.3. The average molecular weight is 442 g/mol. The van der Waals surface area contributed by atoms with Crippen molar-refractivity contribution >= 4 is 34.1 Å². The van der Waals surface area contributed by atoms with Crippen LogP contribution in [0.3, 0.4) is 0 Å². The predicted molar refractivity (Wildman–Crippen MR) is 117 cm³/mol. The second-order valence-electron chi connectivity index (χ2n) is 8.06. The van der Waals surface area contributed by atoms with Crippen molar-refractivity contribution in [3.05, 3.63) is 53.8 Å². The van der Waals surface area contributed by atoms with Crippen molar-refractivity contribution in [3.63, 3.8) is 0 Å². The molecule has 0 radical (unpaired) electrons. The van der Waals surface area contributed by atoms with Gasteiger partial charge in [-0.3, -0.25) is 4.79 Å². The second-order valence-corrected chi connectivity index (χ2v) is 10.0. The van der Waals surface area contributed by atoms with Crippen LogP contribution in [0.1, 0.15) is 18.5 Å². The summed E-state index contributed by atoms with van der Waals surface area (Å²) in [5, 5.41) is 14.3. The SMILES string of the molecule is O=C(Nc1nccs1)[C@H]1C[NH+]2CC[C@@H]1C[C@@H]2Cn1cc(CSc2ccccc2)nn1. The van der Waals surface area contributed by atoms with Gasteiger partial charge in [0.05, 0.1) is 31.2 Å². The van der Waals surface area contributed by atoms with E-state index in [1.807, 2.05) is 16.1 Å². The number of amides is 1. The Morgan fingerprint density at radius 3 is 3.00 bits per heavy atom. The van der Waals surface area contributed by atoms with Gasteiger partial charge in [-0.15, -0.1) is 28.2 Å². The van der Waals surface area contributed by atoms with Gasteiger partial charge in [-0.25, -0.2) is 9.67 Å². The first-order valence-electron chi connectivity index (χ1n) is 10.4. The fraction of sp³-hybridized carbons (Fsp3) is 0.429. The van der Waals surface area contributed by atoms with Crippen LogP contribution in [0.5, 0.6) is 0 Å². The summed E-state index contributed by atoms with van der Waals surface area (Å²) >= 11 is 3.25. The van der Waals surface area contributed by atoms with E-state index in [0.29, 0.717) is 17.1 Å². The Morgan fingerprint density at radius 2 is 2.23 bits per heavy atom. The maximum absolute atomic E-state index is 12.7. The molecule has 0 aliphatic carbocycles. The monoisotopic (exact) mass is 441 g/mol. The zero-order valence-electron chi connectivity index (χ0n) is 16.6. The molecule has 3 fully saturated rings. The first-order chi connectivity index (χ1) is 14.7. The number of carbonyl (C=O) groups is 1. The molecule has 156 valence electrons. The Kier molecular flexibility index (Phi) is 5.83. The molecule has 5 heterocycles. The van der Waals surface area contributed by atoms with Gasteiger partial charge >= 0.3 is 0 Å². The highest BCUT2D eigenvalue weighted by atomic mass is 32.2. The van der Waals surface area contributed by atoms with Crippen LogP contribution in [0.2, 0.25) is 0 Å². The van der Waals surface area contributed by atoms with Gasteiger partial charge in [0.25, 0.3) is 0 Å². The topological polar surface area (TPSA) is 77.1 Å². The minimum atomic E-state index is 0.0856. The molecule has 7 nitrogen and oxygen atoms in total. The van der Waals surface area contributed by atoms with Gasteiger partial charge in [0.2, 0.25) is 5.91 Å². The number of thioether (sulfide) groups is 1. The molecule has 1 aromatic carbocycles. The summed E-state index contributed by atoms with van der Waals surface area (Å²) in [6.45, 7) is 2.91.